The van der Waals surface area contributed by atoms with Crippen LogP contribution in [0, 0.1) is 5.92 Å². The van der Waals surface area contributed by atoms with Crippen molar-refractivity contribution in [3.63, 3.8) is 0 Å². The van der Waals surface area contributed by atoms with Crippen molar-refractivity contribution < 1.29 is 8.42 Å². The fraction of sp³-hybridized carbons (Fsp3) is 0.500. The summed E-state index contributed by atoms with van der Waals surface area (Å²) in [5.74, 6) is 0.750. The van der Waals surface area contributed by atoms with E-state index in [0.717, 1.165) is 12.8 Å². The highest BCUT2D eigenvalue weighted by atomic mass is 32.2. The summed E-state index contributed by atoms with van der Waals surface area (Å²) >= 11 is 0. The van der Waals surface area contributed by atoms with E-state index >= 15 is 0 Å². The first-order valence-corrected chi connectivity index (χ1v) is 6.62. The second-order valence-electron chi connectivity index (χ2n) is 4.15. The van der Waals surface area contributed by atoms with Crippen LogP contribution >= 0.6 is 0 Å². The maximum absolute atomic E-state index is 12.1. The molecule has 0 atom stereocenters. The van der Waals surface area contributed by atoms with Crippen LogP contribution in [0.5, 0.6) is 0 Å². The molecular weight excluding hydrogens is 226 g/mol. The number of pyridine rings is 1. The smallest absolute Gasteiger partial charge is 0.243 e. The Labute approximate surface area is 95.3 Å². The number of hydrogen-bond acceptors (Lipinski definition) is 4. The minimum atomic E-state index is -3.40. The molecule has 0 saturated heterocycles. The van der Waals surface area contributed by atoms with Gasteiger partial charge in [-0.3, -0.25) is 0 Å². The quantitative estimate of drug-likeness (QED) is 0.841. The number of rotatable bonds is 4. The van der Waals surface area contributed by atoms with Crippen LogP contribution in [0.4, 0.5) is 5.82 Å². The molecule has 16 heavy (non-hydrogen) atoms. The zero-order valence-corrected chi connectivity index (χ0v) is 9.94. The van der Waals surface area contributed by atoms with Crippen molar-refractivity contribution >= 4 is 15.8 Å². The Morgan fingerprint density at radius 3 is 2.81 bits per heavy atom. The van der Waals surface area contributed by atoms with Crippen molar-refractivity contribution in [3.05, 3.63) is 18.3 Å². The fourth-order valence-corrected chi connectivity index (χ4v) is 2.80. The standard InChI is InChI=1S/C10H15N3O2S/c1-13(7-8-2-3-8)16(14,15)9-4-5-12-10(11)6-9/h4-6,8H,2-3,7H2,1H3,(H2,11,12). The SMILES string of the molecule is CN(CC1CC1)S(=O)(=O)c1ccnc(N)c1. The Morgan fingerprint density at radius 2 is 2.25 bits per heavy atom. The first kappa shape index (κ1) is 11.3. The first-order chi connectivity index (χ1) is 7.50. The molecule has 1 fully saturated rings. The maximum Gasteiger partial charge on any atom is 0.243 e. The van der Waals surface area contributed by atoms with E-state index in [9.17, 15) is 8.42 Å². The predicted octanol–water partition coefficient (Wildman–Crippen LogP) is 0.694. The van der Waals surface area contributed by atoms with Gasteiger partial charge in [-0.2, -0.15) is 0 Å². The normalized spacial score (nSPS) is 16.6. The number of sulfonamides is 1. The van der Waals surface area contributed by atoms with E-state index in [0.29, 0.717) is 12.5 Å². The van der Waals surface area contributed by atoms with Crippen LogP contribution in [0.2, 0.25) is 0 Å². The van der Waals surface area contributed by atoms with Crippen molar-refractivity contribution in [2.24, 2.45) is 5.92 Å². The van der Waals surface area contributed by atoms with Gasteiger partial charge >= 0.3 is 0 Å². The van der Waals surface area contributed by atoms with Gasteiger partial charge < -0.3 is 5.73 Å². The van der Waals surface area contributed by atoms with Gasteiger partial charge in [-0.05, 0) is 24.8 Å². The Hall–Kier alpha value is -1.14. The zero-order valence-electron chi connectivity index (χ0n) is 9.13. The Balaban J connectivity index is 2.23. The van der Waals surface area contributed by atoms with E-state index in [2.05, 4.69) is 4.98 Å². The minimum absolute atomic E-state index is 0.211. The molecule has 1 aliphatic rings. The Bertz CT molecular complexity index is 483. The molecule has 6 heteroatoms. The van der Waals surface area contributed by atoms with E-state index in [1.807, 2.05) is 0 Å². The summed E-state index contributed by atoms with van der Waals surface area (Å²) in [5.41, 5.74) is 5.47. The summed E-state index contributed by atoms with van der Waals surface area (Å²) in [6, 6.07) is 2.85. The van der Waals surface area contributed by atoms with E-state index < -0.39 is 10.0 Å². The van der Waals surface area contributed by atoms with E-state index in [1.165, 1.54) is 22.6 Å². The van der Waals surface area contributed by atoms with Crippen LogP contribution in [-0.2, 0) is 10.0 Å². The molecule has 0 bridgehead atoms. The number of nitrogens with two attached hydrogens (primary N) is 1. The van der Waals surface area contributed by atoms with Crippen LogP contribution in [0.1, 0.15) is 12.8 Å². The molecule has 1 aliphatic carbocycles. The van der Waals surface area contributed by atoms with Gasteiger partial charge in [-0.1, -0.05) is 0 Å². The fourth-order valence-electron chi connectivity index (χ4n) is 1.53. The van der Waals surface area contributed by atoms with Gasteiger partial charge in [0.2, 0.25) is 10.0 Å². The van der Waals surface area contributed by atoms with Gasteiger partial charge in [0.15, 0.2) is 0 Å². The van der Waals surface area contributed by atoms with E-state index in [4.69, 9.17) is 5.73 Å². The molecule has 2 rings (SSSR count). The number of aromatic nitrogens is 1. The summed E-state index contributed by atoms with van der Waals surface area (Å²) < 4.78 is 25.6. The average Bonchev–Trinajstić information content (AvgIpc) is 3.01. The Morgan fingerprint density at radius 1 is 1.56 bits per heavy atom. The lowest BCUT2D eigenvalue weighted by molar-refractivity contribution is 0.453. The van der Waals surface area contributed by atoms with E-state index in [1.54, 1.807) is 7.05 Å². The number of anilines is 1. The van der Waals surface area contributed by atoms with Crippen molar-refractivity contribution in [3.8, 4) is 0 Å². The van der Waals surface area contributed by atoms with Crippen LogP contribution in [0.3, 0.4) is 0 Å². The summed E-state index contributed by atoms with van der Waals surface area (Å²) in [6.07, 6.45) is 3.66. The van der Waals surface area contributed by atoms with Crippen LogP contribution < -0.4 is 5.73 Å². The third-order valence-electron chi connectivity index (χ3n) is 2.67. The number of nitrogen functional groups attached to an aromatic ring is 1. The monoisotopic (exact) mass is 241 g/mol. The summed E-state index contributed by atoms with van der Waals surface area (Å²) in [7, 11) is -1.80. The van der Waals surface area contributed by atoms with Crippen LogP contribution in [0.15, 0.2) is 23.2 Å². The van der Waals surface area contributed by atoms with Gasteiger partial charge in [0.25, 0.3) is 0 Å². The molecule has 5 nitrogen and oxygen atoms in total. The molecule has 88 valence electrons. The molecule has 0 aliphatic heterocycles. The average molecular weight is 241 g/mol. The highest BCUT2D eigenvalue weighted by molar-refractivity contribution is 7.89. The summed E-state index contributed by atoms with van der Waals surface area (Å²) in [4.78, 5) is 3.99. The predicted molar refractivity (Wildman–Crippen MR) is 61.2 cm³/mol. The minimum Gasteiger partial charge on any atom is -0.384 e. The van der Waals surface area contributed by atoms with Gasteiger partial charge in [0.05, 0.1) is 4.90 Å². The first-order valence-electron chi connectivity index (χ1n) is 5.18. The number of nitrogens with zero attached hydrogens (tertiary/aromatic N) is 2. The molecule has 1 heterocycles. The second-order valence-corrected chi connectivity index (χ2v) is 6.19. The molecular formula is C10H15N3O2S. The topological polar surface area (TPSA) is 76.3 Å². The van der Waals surface area contributed by atoms with Gasteiger partial charge in [-0.15, -0.1) is 0 Å². The van der Waals surface area contributed by atoms with Crippen molar-refractivity contribution in [2.75, 3.05) is 19.3 Å². The molecule has 0 unspecified atom stereocenters. The molecule has 2 N–H and O–H groups in total. The third kappa shape index (κ3) is 2.33. The number of hydrogen-bond donors (Lipinski definition) is 1. The van der Waals surface area contributed by atoms with Crippen molar-refractivity contribution in [1.29, 1.82) is 0 Å². The lowest BCUT2D eigenvalue weighted by atomic mass is 10.4. The third-order valence-corrected chi connectivity index (χ3v) is 4.49. The molecule has 0 radical (unpaired) electrons. The van der Waals surface area contributed by atoms with Gasteiger partial charge in [0, 0.05) is 25.9 Å². The van der Waals surface area contributed by atoms with Gasteiger partial charge in [0.1, 0.15) is 5.82 Å². The highest BCUT2D eigenvalue weighted by Crippen LogP contribution is 2.30. The van der Waals surface area contributed by atoms with Crippen LogP contribution in [0.25, 0.3) is 0 Å². The zero-order chi connectivity index (χ0) is 11.8. The molecule has 1 aromatic heterocycles. The molecule has 0 aromatic carbocycles. The summed E-state index contributed by atoms with van der Waals surface area (Å²) in [6.45, 7) is 0.588. The van der Waals surface area contributed by atoms with Crippen LogP contribution in [-0.4, -0.2) is 31.3 Å². The van der Waals surface area contributed by atoms with Crippen molar-refractivity contribution in [1.82, 2.24) is 9.29 Å². The lowest BCUT2D eigenvalue weighted by Gasteiger charge is -2.16. The largest absolute Gasteiger partial charge is 0.384 e. The highest BCUT2D eigenvalue weighted by Gasteiger charge is 2.29. The van der Waals surface area contributed by atoms with Crippen molar-refractivity contribution in [2.45, 2.75) is 17.7 Å². The molecule has 1 aromatic rings. The molecule has 0 spiro atoms. The second kappa shape index (κ2) is 4.03. The van der Waals surface area contributed by atoms with E-state index in [-0.39, 0.29) is 10.7 Å². The van der Waals surface area contributed by atoms with Gasteiger partial charge in [-0.25, -0.2) is 17.7 Å². The molecule has 1 saturated carbocycles. The summed E-state index contributed by atoms with van der Waals surface area (Å²) in [5, 5.41) is 0. The lowest BCUT2D eigenvalue weighted by Crippen LogP contribution is -2.29. The molecule has 0 amide bonds. The Kier molecular flexibility index (Phi) is 2.86. The maximum atomic E-state index is 12.1.